The third kappa shape index (κ3) is 3.63. The van der Waals surface area contributed by atoms with E-state index in [9.17, 15) is 0 Å². The molecule has 1 saturated carbocycles. The summed E-state index contributed by atoms with van der Waals surface area (Å²) in [5.41, 5.74) is 3.34. The molecule has 1 N–H and O–H groups in total. The van der Waals surface area contributed by atoms with Crippen LogP contribution in [-0.4, -0.2) is 34.4 Å². The van der Waals surface area contributed by atoms with Crippen LogP contribution in [0.1, 0.15) is 46.1 Å². The molecule has 3 aliphatic rings. The SMILES string of the molecule is CC(C)C1=C[C@@H]2C(C=C1)C1c3ccccc3S[C@@H]1C2S(C)(C)CNC(C)(C)C. The molecular weight excluding hydrogens is 378 g/mol. The maximum Gasteiger partial charge on any atom is 0.0280 e. The summed E-state index contributed by atoms with van der Waals surface area (Å²) < 4.78 is 0. The zero-order chi connectivity index (χ0) is 20.3. The van der Waals surface area contributed by atoms with E-state index >= 15 is 0 Å². The maximum atomic E-state index is 3.86. The zero-order valence-electron chi connectivity index (χ0n) is 18.5. The van der Waals surface area contributed by atoms with Gasteiger partial charge in [-0.2, -0.15) is 0 Å². The van der Waals surface area contributed by atoms with E-state index in [4.69, 9.17) is 0 Å². The summed E-state index contributed by atoms with van der Waals surface area (Å²) >= 11 is 2.18. The number of fused-ring (bicyclic) bond motifs is 5. The molecule has 1 aromatic carbocycles. The number of hydrogen-bond acceptors (Lipinski definition) is 2. The van der Waals surface area contributed by atoms with Crippen LogP contribution in [0, 0.1) is 17.8 Å². The van der Waals surface area contributed by atoms with Gasteiger partial charge in [0, 0.05) is 32.7 Å². The van der Waals surface area contributed by atoms with Crippen molar-refractivity contribution in [3.05, 3.63) is 53.6 Å². The van der Waals surface area contributed by atoms with Crippen molar-refractivity contribution >= 4 is 21.8 Å². The number of benzene rings is 1. The van der Waals surface area contributed by atoms with Crippen LogP contribution in [0.5, 0.6) is 0 Å². The first kappa shape index (κ1) is 20.6. The second kappa shape index (κ2) is 7.25. The van der Waals surface area contributed by atoms with Crippen molar-refractivity contribution in [1.82, 2.24) is 5.32 Å². The Morgan fingerprint density at radius 1 is 1.11 bits per heavy atom. The largest absolute Gasteiger partial charge is 0.305 e. The van der Waals surface area contributed by atoms with Crippen molar-refractivity contribution in [2.24, 2.45) is 17.8 Å². The van der Waals surface area contributed by atoms with Crippen LogP contribution in [0.4, 0.5) is 0 Å². The number of hydrogen-bond donors (Lipinski definition) is 1. The number of nitrogens with one attached hydrogen (secondary N) is 1. The molecule has 5 atom stereocenters. The molecule has 1 aliphatic heterocycles. The van der Waals surface area contributed by atoms with Gasteiger partial charge in [0.15, 0.2) is 0 Å². The Hall–Kier alpha value is -0.640. The summed E-state index contributed by atoms with van der Waals surface area (Å²) in [6, 6.07) is 9.21. The molecule has 1 aromatic rings. The van der Waals surface area contributed by atoms with Gasteiger partial charge in [-0.05, 0) is 68.2 Å². The van der Waals surface area contributed by atoms with Crippen LogP contribution < -0.4 is 5.32 Å². The van der Waals surface area contributed by atoms with Gasteiger partial charge in [0.2, 0.25) is 0 Å². The fourth-order valence-corrected chi connectivity index (χ4v) is 10.9. The monoisotopic (exact) mass is 415 g/mol. The molecule has 3 unspecified atom stereocenters. The minimum Gasteiger partial charge on any atom is -0.305 e. The Morgan fingerprint density at radius 3 is 2.50 bits per heavy atom. The number of allylic oxidation sites excluding steroid dienone is 4. The average Bonchev–Trinajstić information content (AvgIpc) is 3.13. The fourth-order valence-electron chi connectivity index (χ4n) is 5.26. The molecule has 4 rings (SSSR count). The van der Waals surface area contributed by atoms with Gasteiger partial charge in [0.25, 0.3) is 0 Å². The van der Waals surface area contributed by atoms with Crippen LogP contribution in [0.25, 0.3) is 0 Å². The molecular formula is C25H37NS2. The molecule has 3 heteroatoms. The fraction of sp³-hybridized carbons (Fsp3) is 0.600. The highest BCUT2D eigenvalue weighted by Crippen LogP contribution is 2.68. The summed E-state index contributed by atoms with van der Waals surface area (Å²) in [4.78, 5) is 1.53. The molecule has 0 radical (unpaired) electrons. The molecule has 0 amide bonds. The van der Waals surface area contributed by atoms with E-state index in [1.807, 2.05) is 0 Å². The summed E-state index contributed by atoms with van der Waals surface area (Å²) in [7, 11) is -0.795. The smallest absolute Gasteiger partial charge is 0.0280 e. The van der Waals surface area contributed by atoms with Crippen LogP contribution in [-0.2, 0) is 0 Å². The second-order valence-corrected chi connectivity index (χ2v) is 15.9. The lowest BCUT2D eigenvalue weighted by Gasteiger charge is -2.45. The predicted molar refractivity (Wildman–Crippen MR) is 129 cm³/mol. The molecule has 1 fully saturated rings. The Morgan fingerprint density at radius 2 is 1.82 bits per heavy atom. The van der Waals surface area contributed by atoms with E-state index in [1.165, 1.54) is 4.90 Å². The van der Waals surface area contributed by atoms with Crippen molar-refractivity contribution in [2.45, 2.75) is 61.5 Å². The van der Waals surface area contributed by atoms with Gasteiger partial charge < -0.3 is 5.32 Å². The van der Waals surface area contributed by atoms with Gasteiger partial charge in [-0.25, -0.2) is 10.0 Å². The molecule has 1 nitrogen and oxygen atoms in total. The summed E-state index contributed by atoms with van der Waals surface area (Å²) in [5, 5.41) is 5.33. The Balaban J connectivity index is 1.73. The van der Waals surface area contributed by atoms with E-state index in [0.29, 0.717) is 28.9 Å². The van der Waals surface area contributed by atoms with Gasteiger partial charge in [0.05, 0.1) is 0 Å². The first-order chi connectivity index (χ1) is 13.1. The molecule has 0 aromatic heterocycles. The van der Waals surface area contributed by atoms with E-state index < -0.39 is 10.0 Å². The van der Waals surface area contributed by atoms with Crippen LogP contribution in [0.15, 0.2) is 53.0 Å². The van der Waals surface area contributed by atoms with Crippen molar-refractivity contribution in [2.75, 3.05) is 18.4 Å². The highest BCUT2D eigenvalue weighted by atomic mass is 32.3. The lowest BCUT2D eigenvalue weighted by Crippen LogP contribution is -2.42. The van der Waals surface area contributed by atoms with E-state index in [1.54, 1.807) is 11.1 Å². The molecule has 0 spiro atoms. The lowest BCUT2D eigenvalue weighted by molar-refractivity contribution is 0.458. The highest BCUT2D eigenvalue weighted by Gasteiger charge is 2.56. The van der Waals surface area contributed by atoms with E-state index in [-0.39, 0.29) is 5.54 Å². The molecule has 0 saturated heterocycles. The maximum absolute atomic E-state index is 3.86. The minimum absolute atomic E-state index is 0.179. The average molecular weight is 416 g/mol. The van der Waals surface area contributed by atoms with Gasteiger partial charge in [-0.15, -0.1) is 11.8 Å². The van der Waals surface area contributed by atoms with Crippen molar-refractivity contribution < 1.29 is 0 Å². The quantitative estimate of drug-likeness (QED) is 0.609. The summed E-state index contributed by atoms with van der Waals surface area (Å²) in [5.74, 6) is 3.79. The molecule has 0 bridgehead atoms. The Kier molecular flexibility index (Phi) is 5.34. The van der Waals surface area contributed by atoms with Gasteiger partial charge in [-0.1, -0.05) is 50.3 Å². The lowest BCUT2D eigenvalue weighted by atomic mass is 9.79. The third-order valence-corrected chi connectivity index (χ3v) is 11.4. The van der Waals surface area contributed by atoms with E-state index in [2.05, 4.69) is 107 Å². The first-order valence-electron chi connectivity index (χ1n) is 10.7. The summed E-state index contributed by atoms with van der Waals surface area (Å²) in [6.45, 7) is 11.6. The molecule has 154 valence electrons. The van der Waals surface area contributed by atoms with Crippen molar-refractivity contribution in [3.63, 3.8) is 0 Å². The van der Waals surface area contributed by atoms with Crippen molar-refractivity contribution in [3.8, 4) is 0 Å². The van der Waals surface area contributed by atoms with Crippen LogP contribution >= 0.6 is 21.8 Å². The number of rotatable bonds is 4. The van der Waals surface area contributed by atoms with Crippen LogP contribution in [0.2, 0.25) is 0 Å². The van der Waals surface area contributed by atoms with Gasteiger partial charge in [-0.3, -0.25) is 0 Å². The van der Waals surface area contributed by atoms with E-state index in [0.717, 1.165) is 11.1 Å². The molecule has 2 aliphatic carbocycles. The Labute approximate surface area is 178 Å². The van der Waals surface area contributed by atoms with Crippen molar-refractivity contribution in [1.29, 1.82) is 0 Å². The minimum atomic E-state index is -0.795. The normalized spacial score (nSPS) is 32.1. The number of thioether (sulfide) groups is 1. The first-order valence-corrected chi connectivity index (χ1v) is 14.2. The zero-order valence-corrected chi connectivity index (χ0v) is 20.2. The van der Waals surface area contributed by atoms with Crippen LogP contribution in [0.3, 0.4) is 0 Å². The van der Waals surface area contributed by atoms with Gasteiger partial charge in [0.1, 0.15) is 0 Å². The summed E-state index contributed by atoms with van der Waals surface area (Å²) in [6.07, 6.45) is 12.9. The predicted octanol–water partition coefficient (Wildman–Crippen LogP) is 6.42. The Bertz CT molecular complexity index is 799. The highest BCUT2D eigenvalue weighted by molar-refractivity contribution is 8.33. The standard InChI is InChI=1S/C25H37NS2/c1-16(2)17-12-13-18-20(14-17)24(28(6,7)15-26-25(3,4)5)23-22(18)19-10-8-9-11-21(19)27-23/h8-14,16,18,20,22-24,26H,15H2,1-7H3/t18?,20-,22?,23+,24?/m1/s1. The molecule has 28 heavy (non-hydrogen) atoms. The third-order valence-electron chi connectivity index (χ3n) is 6.73. The topological polar surface area (TPSA) is 12.0 Å². The van der Waals surface area contributed by atoms with Gasteiger partial charge >= 0.3 is 0 Å². The second-order valence-electron chi connectivity index (χ2n) is 10.6. The molecule has 1 heterocycles.